The van der Waals surface area contributed by atoms with Crippen LogP contribution in [0.1, 0.15) is 48.8 Å². The monoisotopic (exact) mass is 379 g/mol. The second kappa shape index (κ2) is 13.7. The summed E-state index contributed by atoms with van der Waals surface area (Å²) in [6.07, 6.45) is 2.42. The van der Waals surface area contributed by atoms with Crippen LogP contribution in [0.2, 0.25) is 0 Å². The molecule has 0 saturated heterocycles. The molecule has 2 aromatic rings. The van der Waals surface area contributed by atoms with Gasteiger partial charge in [0.05, 0.1) is 12.2 Å². The molecule has 1 aromatic carbocycles. The third-order valence-corrected chi connectivity index (χ3v) is 3.55. The number of hydrogen-bond donors (Lipinski definition) is 2. The first-order valence-electron chi connectivity index (χ1n) is 8.95. The molecule has 1 aliphatic heterocycles. The second-order valence-electron chi connectivity index (χ2n) is 5.43. The third kappa shape index (κ3) is 8.15. The lowest BCUT2D eigenvalue weighted by Gasteiger charge is -2.06. The molecular formula is C20H30FN3O3. The number of carbonyl (C=O) groups excluding carboxylic acids is 1. The molecule has 6 nitrogen and oxygen atoms in total. The smallest absolute Gasteiger partial charge is 0.252 e. The first-order valence-corrected chi connectivity index (χ1v) is 8.95. The van der Waals surface area contributed by atoms with Gasteiger partial charge in [-0.15, -0.1) is 0 Å². The molecule has 0 radical (unpaired) electrons. The maximum absolute atomic E-state index is 12.2. The molecule has 2 heterocycles. The van der Waals surface area contributed by atoms with Gasteiger partial charge in [-0.25, -0.2) is 10.3 Å². The topological polar surface area (TPSA) is 100 Å². The zero-order chi connectivity index (χ0) is 20.8. The van der Waals surface area contributed by atoms with Gasteiger partial charge >= 0.3 is 0 Å². The van der Waals surface area contributed by atoms with Crippen LogP contribution >= 0.6 is 0 Å². The number of nitrogens with two attached hydrogens (primary N) is 2. The van der Waals surface area contributed by atoms with Gasteiger partial charge in [0, 0.05) is 24.0 Å². The first-order chi connectivity index (χ1) is 12.9. The number of pyridine rings is 1. The molecule has 0 aliphatic carbocycles. The Morgan fingerprint density at radius 3 is 2.37 bits per heavy atom. The fraction of sp³-hybridized carbons (Fsp3) is 0.400. The lowest BCUT2D eigenvalue weighted by atomic mass is 10.1. The largest absolute Gasteiger partial charge is 0.398 e. The van der Waals surface area contributed by atoms with Gasteiger partial charge in [-0.1, -0.05) is 26.0 Å². The predicted octanol–water partition coefficient (Wildman–Crippen LogP) is 3.25. The van der Waals surface area contributed by atoms with Crippen LogP contribution in [-0.4, -0.2) is 17.5 Å². The summed E-state index contributed by atoms with van der Waals surface area (Å²) < 4.78 is 13.8. The zero-order valence-electron chi connectivity index (χ0n) is 16.5. The van der Waals surface area contributed by atoms with E-state index >= 15 is 0 Å². The summed E-state index contributed by atoms with van der Waals surface area (Å²) in [5.74, 6) is 4.37. The molecular weight excluding hydrogens is 349 g/mol. The van der Waals surface area contributed by atoms with Crippen LogP contribution in [0.3, 0.4) is 0 Å². The number of fused-ring (bicyclic) bond motifs is 1. The van der Waals surface area contributed by atoms with Crippen molar-refractivity contribution < 1.29 is 14.0 Å². The van der Waals surface area contributed by atoms with E-state index < -0.39 is 0 Å². The van der Waals surface area contributed by atoms with Crippen LogP contribution < -0.4 is 17.2 Å². The van der Waals surface area contributed by atoms with E-state index in [1.54, 1.807) is 10.6 Å². The van der Waals surface area contributed by atoms with Gasteiger partial charge in [-0.2, -0.15) is 0 Å². The first kappa shape index (κ1) is 24.5. The highest BCUT2D eigenvalue weighted by atomic mass is 19.1. The number of hydrogen-bond acceptors (Lipinski definition) is 5. The molecule has 4 N–H and O–H groups in total. The molecule has 0 unspecified atom stereocenters. The van der Waals surface area contributed by atoms with Gasteiger partial charge < -0.3 is 15.1 Å². The summed E-state index contributed by atoms with van der Waals surface area (Å²) in [6.45, 7) is 9.00. The zero-order valence-corrected chi connectivity index (χ0v) is 16.5. The van der Waals surface area contributed by atoms with E-state index in [2.05, 4.69) is 10.7 Å². The Kier molecular flexibility index (Phi) is 12.4. The molecule has 0 fully saturated rings. The summed E-state index contributed by atoms with van der Waals surface area (Å²) in [4.78, 5) is 26.1. The van der Waals surface area contributed by atoms with Crippen molar-refractivity contribution >= 4 is 12.0 Å². The van der Waals surface area contributed by atoms with E-state index in [0.29, 0.717) is 24.4 Å². The van der Waals surface area contributed by atoms with E-state index in [9.17, 15) is 14.0 Å². The van der Waals surface area contributed by atoms with Crippen LogP contribution in [0.5, 0.6) is 0 Å². The Labute approximate surface area is 159 Å². The minimum Gasteiger partial charge on any atom is -0.398 e. The van der Waals surface area contributed by atoms with E-state index in [1.807, 2.05) is 33.8 Å². The van der Waals surface area contributed by atoms with Crippen molar-refractivity contribution in [3.8, 4) is 0 Å². The van der Waals surface area contributed by atoms with Gasteiger partial charge in [0.25, 0.3) is 5.56 Å². The fourth-order valence-corrected chi connectivity index (χ4v) is 2.39. The highest BCUT2D eigenvalue weighted by Gasteiger charge is 2.17. The molecule has 0 atom stereocenters. The summed E-state index contributed by atoms with van der Waals surface area (Å²) in [5.41, 5.74) is 8.00. The number of rotatable bonds is 2. The maximum Gasteiger partial charge on any atom is 0.252 e. The SMILES string of the molecule is CC.CCON.Cc1cccc(F)c1.Nc1cc(=O)n2c(c1C=O)CCC2. The highest BCUT2D eigenvalue weighted by molar-refractivity contribution is 5.84. The number of aryl methyl sites for hydroxylation is 1. The fourth-order valence-electron chi connectivity index (χ4n) is 2.39. The third-order valence-electron chi connectivity index (χ3n) is 3.55. The van der Waals surface area contributed by atoms with Crippen molar-refractivity contribution in [2.45, 2.75) is 47.1 Å². The molecule has 1 aliphatic rings. The Balaban J connectivity index is 0.000000414. The van der Waals surface area contributed by atoms with E-state index in [-0.39, 0.29) is 11.4 Å². The van der Waals surface area contributed by atoms with Crippen molar-refractivity contribution in [1.82, 2.24) is 4.57 Å². The molecule has 0 amide bonds. The number of anilines is 1. The average Bonchev–Trinajstić information content (AvgIpc) is 3.14. The van der Waals surface area contributed by atoms with E-state index in [1.165, 1.54) is 18.2 Å². The van der Waals surface area contributed by atoms with Gasteiger partial charge in [-0.3, -0.25) is 9.59 Å². The molecule has 7 heteroatoms. The van der Waals surface area contributed by atoms with Crippen LogP contribution in [-0.2, 0) is 17.8 Å². The summed E-state index contributed by atoms with van der Waals surface area (Å²) in [6, 6.07) is 7.82. The van der Waals surface area contributed by atoms with Crippen LogP contribution in [0.15, 0.2) is 35.1 Å². The van der Waals surface area contributed by atoms with Gasteiger partial charge in [-0.05, 0) is 44.4 Å². The Morgan fingerprint density at radius 1 is 1.30 bits per heavy atom. The molecule has 0 bridgehead atoms. The number of aromatic nitrogens is 1. The van der Waals surface area contributed by atoms with Crippen molar-refractivity contribution in [3.63, 3.8) is 0 Å². The van der Waals surface area contributed by atoms with E-state index in [4.69, 9.17) is 5.73 Å². The van der Waals surface area contributed by atoms with Crippen molar-refractivity contribution in [2.24, 2.45) is 5.90 Å². The number of nitrogens with zero attached hydrogens (tertiary/aromatic N) is 1. The predicted molar refractivity (Wildman–Crippen MR) is 107 cm³/mol. The minimum absolute atomic E-state index is 0.101. The van der Waals surface area contributed by atoms with Crippen molar-refractivity contribution in [2.75, 3.05) is 12.3 Å². The normalized spacial score (nSPS) is 10.9. The highest BCUT2D eigenvalue weighted by Crippen LogP contribution is 2.19. The van der Waals surface area contributed by atoms with E-state index in [0.717, 1.165) is 30.4 Å². The van der Waals surface area contributed by atoms with Crippen molar-refractivity contribution in [3.05, 3.63) is 63.3 Å². The quantitative estimate of drug-likeness (QED) is 0.616. The molecule has 3 rings (SSSR count). The molecule has 150 valence electrons. The standard InChI is InChI=1S/C9H10N2O2.C7H7F.C2H7NO.C2H6/c10-7-4-9(13)11-3-1-2-8(11)6(7)5-12;1-6-3-2-4-7(8)5-6;1-2-4-3;1-2/h4-5H,1-3,10H2;2-5H,1H3;2-3H2,1H3;1-2H3. The Bertz CT molecular complexity index is 741. The minimum atomic E-state index is -0.162. The number of benzene rings is 1. The number of aldehydes is 1. The lowest BCUT2D eigenvalue weighted by molar-refractivity contribution is 0.112. The molecule has 0 saturated carbocycles. The molecule has 27 heavy (non-hydrogen) atoms. The van der Waals surface area contributed by atoms with Gasteiger partial charge in [0.2, 0.25) is 0 Å². The maximum atomic E-state index is 12.2. The molecule has 1 aromatic heterocycles. The number of halogens is 1. The van der Waals surface area contributed by atoms with Gasteiger partial charge in [0.1, 0.15) is 5.82 Å². The second-order valence-corrected chi connectivity index (χ2v) is 5.43. The van der Waals surface area contributed by atoms with Crippen LogP contribution in [0.4, 0.5) is 10.1 Å². The average molecular weight is 379 g/mol. The summed E-state index contributed by atoms with van der Waals surface area (Å²) in [7, 11) is 0. The van der Waals surface area contributed by atoms with Crippen LogP contribution in [0.25, 0.3) is 0 Å². The van der Waals surface area contributed by atoms with Crippen LogP contribution in [0, 0.1) is 12.7 Å². The van der Waals surface area contributed by atoms with Crippen molar-refractivity contribution in [1.29, 1.82) is 0 Å². The van der Waals surface area contributed by atoms with Gasteiger partial charge in [0.15, 0.2) is 6.29 Å². The number of nitrogen functional groups attached to an aromatic ring is 1. The molecule has 0 spiro atoms. The lowest BCUT2D eigenvalue weighted by Crippen LogP contribution is -2.21. The Hall–Kier alpha value is -2.51. The summed E-state index contributed by atoms with van der Waals surface area (Å²) in [5, 5.41) is 0. The summed E-state index contributed by atoms with van der Waals surface area (Å²) >= 11 is 0. The number of carbonyl (C=O) groups is 1. The Morgan fingerprint density at radius 2 is 1.93 bits per heavy atom.